The number of hydrogen-bond donors (Lipinski definition) is 0. The molecule has 0 saturated heterocycles. The van der Waals surface area contributed by atoms with Crippen molar-refractivity contribution in [1.82, 2.24) is 4.98 Å². The Bertz CT molecular complexity index is 750. The van der Waals surface area contributed by atoms with Crippen LogP contribution in [0.15, 0.2) is 54.6 Å². The molecule has 0 spiro atoms. The maximum atomic E-state index is 5.81. The van der Waals surface area contributed by atoms with Crippen LogP contribution in [-0.2, 0) is 6.42 Å². The molecule has 0 aliphatic carbocycles. The molecule has 3 rings (SSSR count). The van der Waals surface area contributed by atoms with E-state index in [4.69, 9.17) is 9.72 Å². The molecule has 0 atom stereocenters. The lowest BCUT2D eigenvalue weighted by Crippen LogP contribution is -1.96. The van der Waals surface area contributed by atoms with Gasteiger partial charge in [-0.2, -0.15) is 0 Å². The first-order valence-corrected chi connectivity index (χ1v) is 7.43. The minimum absolute atomic E-state index is 0.656. The maximum Gasteiger partial charge on any atom is 0.130 e. The molecule has 0 radical (unpaired) electrons. The SMILES string of the molecule is CCOc1cc(-c2ccccc2)nc2cc(CC)ccc12. The predicted molar refractivity (Wildman–Crippen MR) is 87.7 cm³/mol. The van der Waals surface area contributed by atoms with Crippen molar-refractivity contribution in [2.24, 2.45) is 0 Å². The molecule has 0 aliphatic heterocycles. The van der Waals surface area contributed by atoms with Gasteiger partial charge in [0.2, 0.25) is 0 Å². The minimum atomic E-state index is 0.656. The van der Waals surface area contributed by atoms with Crippen LogP contribution in [0.3, 0.4) is 0 Å². The Morgan fingerprint density at radius 1 is 0.952 bits per heavy atom. The summed E-state index contributed by atoms with van der Waals surface area (Å²) in [6, 6.07) is 18.7. The molecule has 0 aliphatic rings. The molecule has 0 amide bonds. The van der Waals surface area contributed by atoms with E-state index >= 15 is 0 Å². The molecule has 1 aromatic heterocycles. The van der Waals surface area contributed by atoms with E-state index in [-0.39, 0.29) is 0 Å². The van der Waals surface area contributed by atoms with E-state index in [0.29, 0.717) is 6.61 Å². The zero-order valence-corrected chi connectivity index (χ0v) is 12.5. The summed E-state index contributed by atoms with van der Waals surface area (Å²) < 4.78 is 5.81. The summed E-state index contributed by atoms with van der Waals surface area (Å²) in [4.78, 5) is 4.82. The Morgan fingerprint density at radius 2 is 1.76 bits per heavy atom. The van der Waals surface area contributed by atoms with Gasteiger partial charge in [-0.15, -0.1) is 0 Å². The van der Waals surface area contributed by atoms with Crippen LogP contribution in [0.1, 0.15) is 19.4 Å². The average molecular weight is 277 g/mol. The molecule has 106 valence electrons. The summed E-state index contributed by atoms with van der Waals surface area (Å²) in [5, 5.41) is 1.08. The van der Waals surface area contributed by atoms with Gasteiger partial charge in [0, 0.05) is 17.0 Å². The summed E-state index contributed by atoms with van der Waals surface area (Å²) in [6.45, 7) is 4.82. The number of fused-ring (bicyclic) bond motifs is 1. The topological polar surface area (TPSA) is 22.1 Å². The van der Waals surface area contributed by atoms with E-state index in [0.717, 1.165) is 34.3 Å². The molecule has 2 nitrogen and oxygen atoms in total. The summed E-state index contributed by atoms with van der Waals surface area (Å²) in [5.41, 5.74) is 4.36. The molecule has 0 unspecified atom stereocenters. The smallest absolute Gasteiger partial charge is 0.130 e. The molecule has 2 aromatic carbocycles. The monoisotopic (exact) mass is 277 g/mol. The lowest BCUT2D eigenvalue weighted by molar-refractivity contribution is 0.344. The predicted octanol–water partition coefficient (Wildman–Crippen LogP) is 4.86. The number of rotatable bonds is 4. The molecule has 21 heavy (non-hydrogen) atoms. The van der Waals surface area contributed by atoms with Crippen molar-refractivity contribution in [3.8, 4) is 17.0 Å². The Labute approximate surface area is 125 Å². The number of ether oxygens (including phenoxy) is 1. The Kier molecular flexibility index (Phi) is 3.87. The van der Waals surface area contributed by atoms with Crippen LogP contribution in [-0.4, -0.2) is 11.6 Å². The van der Waals surface area contributed by atoms with Crippen molar-refractivity contribution in [2.45, 2.75) is 20.3 Å². The van der Waals surface area contributed by atoms with Gasteiger partial charge in [0.05, 0.1) is 17.8 Å². The number of benzene rings is 2. The van der Waals surface area contributed by atoms with Crippen molar-refractivity contribution < 1.29 is 4.74 Å². The number of nitrogens with zero attached hydrogens (tertiary/aromatic N) is 1. The van der Waals surface area contributed by atoms with Crippen LogP contribution in [0, 0.1) is 0 Å². The lowest BCUT2D eigenvalue weighted by Gasteiger charge is -2.11. The first-order valence-electron chi connectivity index (χ1n) is 7.43. The summed E-state index contributed by atoms with van der Waals surface area (Å²) in [5.74, 6) is 0.906. The lowest BCUT2D eigenvalue weighted by atomic mass is 10.1. The van der Waals surface area contributed by atoms with Crippen LogP contribution in [0.2, 0.25) is 0 Å². The van der Waals surface area contributed by atoms with E-state index in [1.54, 1.807) is 0 Å². The second kappa shape index (κ2) is 5.96. The molecule has 3 aromatic rings. The molecule has 0 fully saturated rings. The van der Waals surface area contributed by atoms with E-state index in [9.17, 15) is 0 Å². The highest BCUT2D eigenvalue weighted by atomic mass is 16.5. The Balaban J connectivity index is 2.22. The van der Waals surface area contributed by atoms with Gasteiger partial charge in [-0.25, -0.2) is 4.98 Å². The molecule has 0 bridgehead atoms. The van der Waals surface area contributed by atoms with Crippen LogP contribution >= 0.6 is 0 Å². The molecular formula is C19H19NO. The fourth-order valence-electron chi connectivity index (χ4n) is 2.49. The van der Waals surface area contributed by atoms with E-state index in [2.05, 4.69) is 37.3 Å². The third-order valence-corrected chi connectivity index (χ3v) is 3.61. The van der Waals surface area contributed by atoms with Gasteiger partial charge in [0.1, 0.15) is 5.75 Å². The second-order valence-corrected chi connectivity index (χ2v) is 5.01. The minimum Gasteiger partial charge on any atom is -0.493 e. The van der Waals surface area contributed by atoms with Crippen molar-refractivity contribution >= 4 is 10.9 Å². The van der Waals surface area contributed by atoms with E-state index in [1.165, 1.54) is 5.56 Å². The van der Waals surface area contributed by atoms with Crippen molar-refractivity contribution in [2.75, 3.05) is 6.61 Å². The maximum absolute atomic E-state index is 5.81. The first-order chi connectivity index (χ1) is 10.3. The first kappa shape index (κ1) is 13.6. The Hall–Kier alpha value is -2.35. The van der Waals surface area contributed by atoms with Gasteiger partial charge in [0.25, 0.3) is 0 Å². The standard InChI is InChI=1S/C19H19NO/c1-3-14-10-11-16-18(12-14)20-17(13-19(16)21-4-2)15-8-6-5-7-9-15/h5-13H,3-4H2,1-2H3. The van der Waals surface area contributed by atoms with E-state index < -0.39 is 0 Å². The average Bonchev–Trinajstić information content (AvgIpc) is 2.55. The zero-order valence-electron chi connectivity index (χ0n) is 12.5. The van der Waals surface area contributed by atoms with Crippen LogP contribution in [0.4, 0.5) is 0 Å². The van der Waals surface area contributed by atoms with Gasteiger partial charge >= 0.3 is 0 Å². The molecule has 2 heteroatoms. The summed E-state index contributed by atoms with van der Waals surface area (Å²) in [7, 11) is 0. The van der Waals surface area contributed by atoms with Gasteiger partial charge in [-0.05, 0) is 31.0 Å². The van der Waals surface area contributed by atoms with Crippen LogP contribution in [0.25, 0.3) is 22.2 Å². The highest BCUT2D eigenvalue weighted by Gasteiger charge is 2.08. The largest absolute Gasteiger partial charge is 0.493 e. The zero-order chi connectivity index (χ0) is 14.7. The third-order valence-electron chi connectivity index (χ3n) is 3.61. The highest BCUT2D eigenvalue weighted by Crippen LogP contribution is 2.30. The summed E-state index contributed by atoms with van der Waals surface area (Å²) in [6.07, 6.45) is 1.01. The van der Waals surface area contributed by atoms with Gasteiger partial charge < -0.3 is 4.74 Å². The molecule has 0 N–H and O–H groups in total. The molecule has 1 heterocycles. The number of hydrogen-bond acceptors (Lipinski definition) is 2. The van der Waals surface area contributed by atoms with Gasteiger partial charge in [-0.1, -0.05) is 43.3 Å². The van der Waals surface area contributed by atoms with Crippen molar-refractivity contribution in [3.05, 3.63) is 60.2 Å². The van der Waals surface area contributed by atoms with E-state index in [1.807, 2.05) is 31.2 Å². The number of pyridine rings is 1. The third kappa shape index (κ3) is 2.75. The van der Waals surface area contributed by atoms with Gasteiger partial charge in [-0.3, -0.25) is 0 Å². The fourth-order valence-corrected chi connectivity index (χ4v) is 2.49. The molecular weight excluding hydrogens is 258 g/mol. The van der Waals surface area contributed by atoms with Crippen LogP contribution in [0.5, 0.6) is 5.75 Å². The van der Waals surface area contributed by atoms with Gasteiger partial charge in [0.15, 0.2) is 0 Å². The van der Waals surface area contributed by atoms with Crippen molar-refractivity contribution in [1.29, 1.82) is 0 Å². The van der Waals surface area contributed by atoms with Crippen LogP contribution < -0.4 is 4.74 Å². The normalized spacial score (nSPS) is 10.8. The quantitative estimate of drug-likeness (QED) is 0.679. The number of aromatic nitrogens is 1. The number of aryl methyl sites for hydroxylation is 1. The second-order valence-electron chi connectivity index (χ2n) is 5.01. The molecule has 0 saturated carbocycles. The van der Waals surface area contributed by atoms with Crippen molar-refractivity contribution in [3.63, 3.8) is 0 Å². The highest BCUT2D eigenvalue weighted by molar-refractivity contribution is 5.88. The Morgan fingerprint density at radius 3 is 2.48 bits per heavy atom. The summed E-state index contributed by atoms with van der Waals surface area (Å²) >= 11 is 0. The fraction of sp³-hybridized carbons (Fsp3) is 0.211.